The summed E-state index contributed by atoms with van der Waals surface area (Å²) in [4.78, 5) is 14.3. The van der Waals surface area contributed by atoms with E-state index in [1.165, 1.54) is 11.8 Å². The number of benzene rings is 2. The number of nitrogens with one attached hydrogen (secondary N) is 1. The number of hydrogen-bond donors (Lipinski definition) is 1. The van der Waals surface area contributed by atoms with E-state index in [4.69, 9.17) is 4.74 Å². The van der Waals surface area contributed by atoms with E-state index < -0.39 is 0 Å². The highest BCUT2D eigenvalue weighted by Gasteiger charge is 2.11. The van der Waals surface area contributed by atoms with Crippen molar-refractivity contribution in [2.24, 2.45) is 0 Å². The smallest absolute Gasteiger partial charge is 0.220 e. The maximum Gasteiger partial charge on any atom is 0.220 e. The fourth-order valence-corrected chi connectivity index (χ4v) is 2.88. The van der Waals surface area contributed by atoms with E-state index in [2.05, 4.69) is 34.5 Å². The molecule has 1 aliphatic heterocycles. The second-order valence-electron chi connectivity index (χ2n) is 6.13. The van der Waals surface area contributed by atoms with Crippen LogP contribution in [-0.4, -0.2) is 32.2 Å². The summed E-state index contributed by atoms with van der Waals surface area (Å²) in [6.45, 7) is 3.59. The van der Waals surface area contributed by atoms with Gasteiger partial charge < -0.3 is 15.0 Å². The molecule has 0 atom stereocenters. The fourth-order valence-electron chi connectivity index (χ4n) is 2.88. The molecule has 1 amide bonds. The van der Waals surface area contributed by atoms with Crippen LogP contribution >= 0.6 is 0 Å². The number of aryl methyl sites for hydroxylation is 1. The number of amides is 1. The Labute approximate surface area is 147 Å². The van der Waals surface area contributed by atoms with Gasteiger partial charge in [0.1, 0.15) is 5.82 Å². The quantitative estimate of drug-likeness (QED) is 0.878. The van der Waals surface area contributed by atoms with Gasteiger partial charge in [0.25, 0.3) is 0 Å². The van der Waals surface area contributed by atoms with Gasteiger partial charge in [0.05, 0.1) is 13.2 Å². The zero-order chi connectivity index (χ0) is 17.5. The number of carbonyl (C=O) groups is 1. The number of rotatable bonds is 6. The third-order valence-corrected chi connectivity index (χ3v) is 4.39. The summed E-state index contributed by atoms with van der Waals surface area (Å²) in [6.07, 6.45) is 1.07. The first-order chi connectivity index (χ1) is 12.2. The van der Waals surface area contributed by atoms with Crippen LogP contribution in [0.25, 0.3) is 0 Å². The van der Waals surface area contributed by atoms with E-state index in [-0.39, 0.29) is 18.3 Å². The van der Waals surface area contributed by atoms with E-state index in [1.54, 1.807) is 18.2 Å². The molecule has 0 saturated carbocycles. The van der Waals surface area contributed by atoms with Crippen LogP contribution in [0.15, 0.2) is 48.5 Å². The minimum absolute atomic E-state index is 0.0690. The normalized spacial score (nSPS) is 14.4. The highest BCUT2D eigenvalue weighted by atomic mass is 19.1. The van der Waals surface area contributed by atoms with E-state index in [0.29, 0.717) is 18.4 Å². The topological polar surface area (TPSA) is 41.6 Å². The summed E-state index contributed by atoms with van der Waals surface area (Å²) in [7, 11) is 0. The molecule has 1 fully saturated rings. The lowest BCUT2D eigenvalue weighted by molar-refractivity contribution is -0.121. The van der Waals surface area contributed by atoms with Gasteiger partial charge in [-0.25, -0.2) is 4.39 Å². The van der Waals surface area contributed by atoms with Gasteiger partial charge in [0.2, 0.25) is 5.91 Å². The highest BCUT2D eigenvalue weighted by Crippen LogP contribution is 2.17. The van der Waals surface area contributed by atoms with Gasteiger partial charge in [0.15, 0.2) is 0 Å². The van der Waals surface area contributed by atoms with Gasteiger partial charge in [-0.1, -0.05) is 30.3 Å². The predicted octanol–water partition coefficient (Wildman–Crippen LogP) is 2.91. The molecular weight excluding hydrogens is 319 g/mol. The molecule has 0 aromatic heterocycles. The summed E-state index contributed by atoms with van der Waals surface area (Å²) in [5.41, 5.74) is 2.82. The number of ether oxygens (including phenoxy) is 1. The molecule has 1 saturated heterocycles. The van der Waals surface area contributed by atoms with Gasteiger partial charge in [0, 0.05) is 37.3 Å². The molecule has 0 radical (unpaired) electrons. The van der Waals surface area contributed by atoms with Gasteiger partial charge in [-0.3, -0.25) is 4.79 Å². The summed E-state index contributed by atoms with van der Waals surface area (Å²) in [6, 6.07) is 14.8. The van der Waals surface area contributed by atoms with Crippen molar-refractivity contribution in [2.75, 3.05) is 31.2 Å². The zero-order valence-electron chi connectivity index (χ0n) is 14.2. The number of nitrogens with zero attached hydrogens (tertiary/aromatic N) is 1. The Balaban J connectivity index is 1.44. The summed E-state index contributed by atoms with van der Waals surface area (Å²) >= 11 is 0. The molecule has 0 bridgehead atoms. The van der Waals surface area contributed by atoms with E-state index in [0.717, 1.165) is 31.9 Å². The third kappa shape index (κ3) is 5.03. The van der Waals surface area contributed by atoms with Crippen molar-refractivity contribution in [3.8, 4) is 0 Å². The number of halogens is 1. The minimum atomic E-state index is -0.290. The SMILES string of the molecule is O=C(CCc1ccc(N2CCOCC2)cc1)NCc1ccccc1F. The standard InChI is InChI=1S/C20H23FN2O2/c21-19-4-2-1-3-17(19)15-22-20(24)10-7-16-5-8-18(9-6-16)23-11-13-25-14-12-23/h1-6,8-9H,7,10-15H2,(H,22,24). The maximum atomic E-state index is 13.5. The lowest BCUT2D eigenvalue weighted by Crippen LogP contribution is -2.36. The average molecular weight is 342 g/mol. The van der Waals surface area contributed by atoms with Gasteiger partial charge in [-0.15, -0.1) is 0 Å². The molecule has 2 aromatic carbocycles. The summed E-state index contributed by atoms with van der Waals surface area (Å²) < 4.78 is 18.9. The largest absolute Gasteiger partial charge is 0.378 e. The van der Waals surface area contributed by atoms with Crippen molar-refractivity contribution in [2.45, 2.75) is 19.4 Å². The maximum absolute atomic E-state index is 13.5. The molecule has 0 aliphatic carbocycles. The summed E-state index contributed by atoms with van der Waals surface area (Å²) in [5, 5.41) is 2.77. The van der Waals surface area contributed by atoms with E-state index in [9.17, 15) is 9.18 Å². The first kappa shape index (κ1) is 17.4. The van der Waals surface area contributed by atoms with Crippen LogP contribution in [0.5, 0.6) is 0 Å². The Morgan fingerprint density at radius 2 is 1.80 bits per heavy atom. The minimum Gasteiger partial charge on any atom is -0.378 e. The Morgan fingerprint density at radius 1 is 1.08 bits per heavy atom. The molecule has 2 aromatic rings. The molecule has 132 valence electrons. The number of anilines is 1. The van der Waals surface area contributed by atoms with Crippen LogP contribution in [-0.2, 0) is 22.5 Å². The second kappa shape index (κ2) is 8.62. The molecule has 1 N–H and O–H groups in total. The Bertz CT molecular complexity index is 697. The van der Waals surface area contributed by atoms with Crippen molar-refractivity contribution in [3.63, 3.8) is 0 Å². The van der Waals surface area contributed by atoms with Crippen LogP contribution in [0.2, 0.25) is 0 Å². The first-order valence-electron chi connectivity index (χ1n) is 8.64. The fraction of sp³-hybridized carbons (Fsp3) is 0.350. The molecular formula is C20H23FN2O2. The van der Waals surface area contributed by atoms with Crippen molar-refractivity contribution in [1.29, 1.82) is 0 Å². The third-order valence-electron chi connectivity index (χ3n) is 4.39. The molecule has 0 spiro atoms. The van der Waals surface area contributed by atoms with Crippen LogP contribution in [0.4, 0.5) is 10.1 Å². The van der Waals surface area contributed by atoms with Crippen molar-refractivity contribution >= 4 is 11.6 Å². The summed E-state index contributed by atoms with van der Waals surface area (Å²) in [5.74, 6) is -0.359. The zero-order valence-corrected chi connectivity index (χ0v) is 14.2. The van der Waals surface area contributed by atoms with Gasteiger partial charge in [-0.05, 0) is 30.2 Å². The number of carbonyl (C=O) groups excluding carboxylic acids is 1. The van der Waals surface area contributed by atoms with E-state index >= 15 is 0 Å². The van der Waals surface area contributed by atoms with Crippen LogP contribution < -0.4 is 10.2 Å². The monoisotopic (exact) mass is 342 g/mol. The average Bonchev–Trinajstić information content (AvgIpc) is 2.67. The van der Waals surface area contributed by atoms with Crippen molar-refractivity contribution < 1.29 is 13.9 Å². The van der Waals surface area contributed by atoms with Crippen LogP contribution in [0.3, 0.4) is 0 Å². The second-order valence-corrected chi connectivity index (χ2v) is 6.13. The van der Waals surface area contributed by atoms with Gasteiger partial charge >= 0.3 is 0 Å². The molecule has 1 heterocycles. The number of hydrogen-bond acceptors (Lipinski definition) is 3. The Kier molecular flexibility index (Phi) is 6.01. The molecule has 3 rings (SSSR count). The van der Waals surface area contributed by atoms with Crippen LogP contribution in [0.1, 0.15) is 17.5 Å². The highest BCUT2D eigenvalue weighted by molar-refractivity contribution is 5.76. The molecule has 25 heavy (non-hydrogen) atoms. The Hall–Kier alpha value is -2.40. The lowest BCUT2D eigenvalue weighted by atomic mass is 10.1. The van der Waals surface area contributed by atoms with Crippen LogP contribution in [0, 0.1) is 5.82 Å². The first-order valence-corrected chi connectivity index (χ1v) is 8.64. The molecule has 5 heteroatoms. The van der Waals surface area contributed by atoms with E-state index in [1.807, 2.05) is 0 Å². The van der Waals surface area contributed by atoms with Crippen molar-refractivity contribution in [1.82, 2.24) is 5.32 Å². The molecule has 1 aliphatic rings. The predicted molar refractivity (Wildman–Crippen MR) is 96.0 cm³/mol. The lowest BCUT2D eigenvalue weighted by Gasteiger charge is -2.28. The molecule has 0 unspecified atom stereocenters. The van der Waals surface area contributed by atoms with Crippen molar-refractivity contribution in [3.05, 3.63) is 65.5 Å². The molecule has 4 nitrogen and oxygen atoms in total. The van der Waals surface area contributed by atoms with Gasteiger partial charge in [-0.2, -0.15) is 0 Å². The Morgan fingerprint density at radius 3 is 2.52 bits per heavy atom. The number of morpholine rings is 1.